The van der Waals surface area contributed by atoms with Gasteiger partial charge < -0.3 is 25.3 Å². The number of aryl methyl sites for hydroxylation is 2. The first-order valence-corrected chi connectivity index (χ1v) is 12.8. The van der Waals surface area contributed by atoms with Crippen LogP contribution < -0.4 is 16.0 Å². The van der Waals surface area contributed by atoms with Gasteiger partial charge in [-0.3, -0.25) is 14.3 Å². The van der Waals surface area contributed by atoms with Gasteiger partial charge in [0.1, 0.15) is 5.52 Å². The van der Waals surface area contributed by atoms with Crippen LogP contribution in [0.1, 0.15) is 46.9 Å². The second kappa shape index (κ2) is 9.77. The number of nitrogens with one attached hydrogen (secondary N) is 1. The van der Waals surface area contributed by atoms with Crippen molar-refractivity contribution in [3.8, 4) is 0 Å². The Morgan fingerprint density at radius 3 is 2.71 bits per heavy atom. The molecular formula is C26H29N9O3. The van der Waals surface area contributed by atoms with Crippen LogP contribution in [0.3, 0.4) is 0 Å². The second-order valence-corrected chi connectivity index (χ2v) is 9.87. The number of amides is 2. The Morgan fingerprint density at radius 2 is 1.97 bits per heavy atom. The Hall–Kier alpha value is -4.48. The quantitative estimate of drug-likeness (QED) is 0.361. The zero-order valence-electron chi connectivity index (χ0n) is 21.1. The minimum absolute atomic E-state index is 0.0650. The standard InChI is InChI=1S/C26H29N9O3/c1-33-15-18(11-29-33)30-25-23(24(27)37)31-20(12-28-25)17-13-35(14-17)26-32-19-6-4-16(10-21(19)38-26)5-7-22(36)34-8-2-3-9-34/h4,6,10-12,15,17H,2-3,5,7-9,13-14H2,1H3,(H2,27,37)(H,28,30). The normalized spacial score (nSPS) is 15.7. The van der Waals surface area contributed by atoms with Crippen molar-refractivity contribution in [2.45, 2.75) is 31.6 Å². The molecule has 0 bridgehead atoms. The number of nitrogens with zero attached hydrogens (tertiary/aromatic N) is 7. The first kappa shape index (κ1) is 23.9. The predicted octanol–water partition coefficient (Wildman–Crippen LogP) is 2.35. The summed E-state index contributed by atoms with van der Waals surface area (Å²) in [5.41, 5.74) is 9.59. The smallest absolute Gasteiger partial charge is 0.298 e. The highest BCUT2D eigenvalue weighted by Gasteiger charge is 2.33. The zero-order chi connectivity index (χ0) is 26.2. The lowest BCUT2D eigenvalue weighted by Crippen LogP contribution is -2.45. The Labute approximate surface area is 218 Å². The van der Waals surface area contributed by atoms with E-state index in [-0.39, 0.29) is 17.5 Å². The van der Waals surface area contributed by atoms with E-state index in [1.54, 1.807) is 30.3 Å². The third-order valence-electron chi connectivity index (χ3n) is 7.09. The van der Waals surface area contributed by atoms with Crippen LogP contribution in [0.5, 0.6) is 0 Å². The van der Waals surface area contributed by atoms with Gasteiger partial charge in [-0.2, -0.15) is 10.1 Å². The van der Waals surface area contributed by atoms with Crippen molar-refractivity contribution in [3.05, 3.63) is 53.7 Å². The number of rotatable bonds is 8. The van der Waals surface area contributed by atoms with Crippen molar-refractivity contribution >= 4 is 40.4 Å². The molecule has 0 unspecified atom stereocenters. The zero-order valence-corrected chi connectivity index (χ0v) is 21.1. The van der Waals surface area contributed by atoms with Gasteiger partial charge in [0.2, 0.25) is 5.91 Å². The fraction of sp³-hybridized carbons (Fsp3) is 0.385. The maximum atomic E-state index is 12.4. The van der Waals surface area contributed by atoms with Crippen LogP contribution in [0.4, 0.5) is 17.5 Å². The lowest BCUT2D eigenvalue weighted by Gasteiger charge is -2.37. The van der Waals surface area contributed by atoms with Crippen LogP contribution in [0.15, 0.2) is 41.2 Å². The topological polar surface area (TPSA) is 148 Å². The number of oxazole rings is 1. The molecule has 1 aromatic carbocycles. The van der Waals surface area contributed by atoms with Crippen molar-refractivity contribution in [2.24, 2.45) is 12.8 Å². The first-order chi connectivity index (χ1) is 18.4. The fourth-order valence-electron chi connectivity index (χ4n) is 4.93. The number of carbonyl (C=O) groups excluding carboxylic acids is 2. The molecule has 2 fully saturated rings. The molecule has 2 amide bonds. The number of carbonyl (C=O) groups is 2. The van der Waals surface area contributed by atoms with E-state index in [1.165, 1.54) is 0 Å². The third-order valence-corrected chi connectivity index (χ3v) is 7.09. The Morgan fingerprint density at radius 1 is 1.16 bits per heavy atom. The molecule has 6 rings (SSSR count). The maximum absolute atomic E-state index is 12.4. The van der Waals surface area contributed by atoms with Crippen LogP contribution in [-0.2, 0) is 18.3 Å². The largest absolute Gasteiger partial charge is 0.423 e. The SMILES string of the molecule is Cn1cc(Nc2ncc(C3CN(c4nc5ccc(CCC(=O)N6CCCC6)cc5o4)C3)nc2C(N)=O)cn1. The van der Waals surface area contributed by atoms with E-state index in [9.17, 15) is 9.59 Å². The molecule has 12 nitrogen and oxygen atoms in total. The summed E-state index contributed by atoms with van der Waals surface area (Å²) in [6.07, 6.45) is 8.44. The molecule has 0 spiro atoms. The van der Waals surface area contributed by atoms with E-state index in [1.807, 2.05) is 28.0 Å². The van der Waals surface area contributed by atoms with Crippen molar-refractivity contribution in [2.75, 3.05) is 36.4 Å². The molecule has 2 saturated heterocycles. The number of nitrogens with two attached hydrogens (primary N) is 1. The van der Waals surface area contributed by atoms with Gasteiger partial charge in [0.25, 0.3) is 11.9 Å². The van der Waals surface area contributed by atoms with Crippen molar-refractivity contribution in [1.29, 1.82) is 0 Å². The van der Waals surface area contributed by atoms with Crippen LogP contribution in [0.25, 0.3) is 11.1 Å². The predicted molar refractivity (Wildman–Crippen MR) is 140 cm³/mol. The monoisotopic (exact) mass is 515 g/mol. The molecule has 0 aliphatic carbocycles. The highest BCUT2D eigenvalue weighted by molar-refractivity contribution is 5.96. The molecule has 12 heteroatoms. The summed E-state index contributed by atoms with van der Waals surface area (Å²) in [7, 11) is 1.80. The molecule has 4 aromatic rings. The lowest BCUT2D eigenvalue weighted by atomic mass is 9.97. The summed E-state index contributed by atoms with van der Waals surface area (Å²) < 4.78 is 7.68. The lowest BCUT2D eigenvalue weighted by molar-refractivity contribution is -0.130. The van der Waals surface area contributed by atoms with Crippen LogP contribution in [0.2, 0.25) is 0 Å². The highest BCUT2D eigenvalue weighted by Crippen LogP contribution is 2.33. The number of aromatic nitrogens is 5. The number of primary amides is 1. The van der Waals surface area contributed by atoms with E-state index in [4.69, 9.17) is 10.2 Å². The highest BCUT2D eigenvalue weighted by atomic mass is 16.4. The van der Waals surface area contributed by atoms with Gasteiger partial charge in [-0.25, -0.2) is 9.97 Å². The summed E-state index contributed by atoms with van der Waals surface area (Å²) in [5.74, 6) is -0.0766. The van der Waals surface area contributed by atoms with Gasteiger partial charge in [0.15, 0.2) is 17.1 Å². The van der Waals surface area contributed by atoms with Gasteiger partial charge in [-0.15, -0.1) is 0 Å². The molecule has 38 heavy (non-hydrogen) atoms. The summed E-state index contributed by atoms with van der Waals surface area (Å²) in [6, 6.07) is 6.46. The fourth-order valence-corrected chi connectivity index (χ4v) is 4.93. The van der Waals surface area contributed by atoms with Crippen molar-refractivity contribution < 1.29 is 14.0 Å². The summed E-state index contributed by atoms with van der Waals surface area (Å²) in [4.78, 5) is 42.0. The molecule has 2 aliphatic heterocycles. The first-order valence-electron chi connectivity index (χ1n) is 12.8. The second-order valence-electron chi connectivity index (χ2n) is 9.87. The van der Waals surface area contributed by atoms with Gasteiger partial charge in [-0.05, 0) is 37.0 Å². The minimum Gasteiger partial charge on any atom is -0.423 e. The van der Waals surface area contributed by atoms with Gasteiger partial charge in [0, 0.05) is 51.8 Å². The van der Waals surface area contributed by atoms with Crippen LogP contribution in [-0.4, -0.2) is 67.6 Å². The number of hydrogen-bond donors (Lipinski definition) is 2. The Kier molecular flexibility index (Phi) is 6.14. The molecule has 2 aliphatic rings. The van der Waals surface area contributed by atoms with E-state index in [0.717, 1.165) is 37.0 Å². The molecule has 0 radical (unpaired) electrons. The van der Waals surface area contributed by atoms with Gasteiger partial charge in [0.05, 0.1) is 23.8 Å². The van der Waals surface area contributed by atoms with E-state index in [0.29, 0.717) is 54.7 Å². The molecule has 3 aromatic heterocycles. The molecule has 0 saturated carbocycles. The Balaban J connectivity index is 1.10. The number of likely N-dealkylation sites (tertiary alicyclic amines) is 1. The molecule has 3 N–H and O–H groups in total. The van der Waals surface area contributed by atoms with Gasteiger partial charge >= 0.3 is 0 Å². The minimum atomic E-state index is -0.654. The molecule has 5 heterocycles. The van der Waals surface area contributed by atoms with E-state index >= 15 is 0 Å². The van der Waals surface area contributed by atoms with Crippen LogP contribution in [0, 0.1) is 0 Å². The number of benzene rings is 1. The average Bonchev–Trinajstić information content (AvgIpc) is 3.63. The molecule has 0 atom stereocenters. The molecule has 196 valence electrons. The number of fused-ring (bicyclic) bond motifs is 1. The van der Waals surface area contributed by atoms with E-state index in [2.05, 4.69) is 25.4 Å². The number of anilines is 3. The van der Waals surface area contributed by atoms with Crippen molar-refractivity contribution in [3.63, 3.8) is 0 Å². The maximum Gasteiger partial charge on any atom is 0.298 e. The van der Waals surface area contributed by atoms with Gasteiger partial charge in [-0.1, -0.05) is 6.07 Å². The van der Waals surface area contributed by atoms with Crippen LogP contribution >= 0.6 is 0 Å². The Bertz CT molecular complexity index is 1500. The summed E-state index contributed by atoms with van der Waals surface area (Å²) >= 11 is 0. The third kappa shape index (κ3) is 4.76. The summed E-state index contributed by atoms with van der Waals surface area (Å²) in [6.45, 7) is 3.02. The van der Waals surface area contributed by atoms with Crippen molar-refractivity contribution in [1.82, 2.24) is 29.6 Å². The van der Waals surface area contributed by atoms with E-state index < -0.39 is 5.91 Å². The number of hydrogen-bond acceptors (Lipinski definition) is 9. The molecular weight excluding hydrogens is 486 g/mol. The summed E-state index contributed by atoms with van der Waals surface area (Å²) in [5, 5.41) is 7.14. The average molecular weight is 516 g/mol.